The number of anilines is 1. The van der Waals surface area contributed by atoms with E-state index in [0.717, 1.165) is 38.2 Å². The number of carbonyl (C=O) groups is 1. The number of rotatable bonds is 9. The highest BCUT2D eigenvalue weighted by Gasteiger charge is 2.06. The molecule has 1 rings (SSSR count). The maximum Gasteiger partial charge on any atom is 0.221 e. The Balaban J connectivity index is 2.63. The van der Waals surface area contributed by atoms with E-state index in [2.05, 4.69) is 23.2 Å². The number of aliphatic hydroxyl groups excluding tert-OH is 1. The number of amides is 1. The van der Waals surface area contributed by atoms with E-state index in [-0.39, 0.29) is 12.5 Å². The van der Waals surface area contributed by atoms with Crippen LogP contribution in [0.25, 0.3) is 0 Å². The van der Waals surface area contributed by atoms with Gasteiger partial charge in [0.25, 0.3) is 0 Å². The molecule has 0 fully saturated rings. The first-order valence-electron chi connectivity index (χ1n) is 7.35. The summed E-state index contributed by atoms with van der Waals surface area (Å²) < 4.78 is 0. The average Bonchev–Trinajstić information content (AvgIpc) is 2.41. The molecule has 0 spiro atoms. The Bertz CT molecular complexity index is 399. The van der Waals surface area contributed by atoms with Gasteiger partial charge in [-0.3, -0.25) is 9.69 Å². The number of hydrogen-bond donors (Lipinski definition) is 2. The van der Waals surface area contributed by atoms with E-state index in [4.69, 9.17) is 5.11 Å². The second-order valence-electron chi connectivity index (χ2n) is 5.09. The summed E-state index contributed by atoms with van der Waals surface area (Å²) in [6, 6.07) is 7.95. The van der Waals surface area contributed by atoms with Gasteiger partial charge in [-0.1, -0.05) is 25.5 Å². The van der Waals surface area contributed by atoms with E-state index in [1.54, 1.807) is 0 Å². The van der Waals surface area contributed by atoms with Crippen LogP contribution in [0.5, 0.6) is 0 Å². The standard InChI is InChI=1S/C16H26N2O2/c1-3-4-9-18(10-6-11-19)13-15-7-5-8-16(12-15)17-14(2)20/h5,7-8,12,19H,3-4,6,9-11,13H2,1-2H3,(H,17,20). The molecule has 0 saturated heterocycles. The van der Waals surface area contributed by atoms with E-state index in [1.807, 2.05) is 18.2 Å². The summed E-state index contributed by atoms with van der Waals surface area (Å²) in [5.41, 5.74) is 2.03. The summed E-state index contributed by atoms with van der Waals surface area (Å²) in [4.78, 5) is 13.4. The van der Waals surface area contributed by atoms with Crippen LogP contribution in [0.15, 0.2) is 24.3 Å². The third-order valence-electron chi connectivity index (χ3n) is 3.11. The van der Waals surface area contributed by atoms with Gasteiger partial charge in [0.2, 0.25) is 5.91 Å². The lowest BCUT2D eigenvalue weighted by Crippen LogP contribution is -2.26. The number of nitrogens with one attached hydrogen (secondary N) is 1. The van der Waals surface area contributed by atoms with Gasteiger partial charge in [0, 0.05) is 32.3 Å². The number of carbonyl (C=O) groups excluding carboxylic acids is 1. The van der Waals surface area contributed by atoms with Crippen LogP contribution in [0.2, 0.25) is 0 Å². The van der Waals surface area contributed by atoms with Crippen LogP contribution < -0.4 is 5.32 Å². The molecule has 0 aliphatic heterocycles. The lowest BCUT2D eigenvalue weighted by molar-refractivity contribution is -0.114. The Morgan fingerprint density at radius 2 is 2.05 bits per heavy atom. The molecule has 2 N–H and O–H groups in total. The van der Waals surface area contributed by atoms with Crippen molar-refractivity contribution in [2.75, 3.05) is 25.0 Å². The van der Waals surface area contributed by atoms with Crippen molar-refractivity contribution in [1.82, 2.24) is 4.90 Å². The number of aliphatic hydroxyl groups is 1. The molecule has 0 bridgehead atoms. The molecule has 112 valence electrons. The van der Waals surface area contributed by atoms with Crippen LogP contribution in [0.3, 0.4) is 0 Å². The molecule has 0 heterocycles. The molecule has 0 aliphatic rings. The lowest BCUT2D eigenvalue weighted by Gasteiger charge is -2.22. The van der Waals surface area contributed by atoms with Crippen molar-refractivity contribution in [3.05, 3.63) is 29.8 Å². The van der Waals surface area contributed by atoms with Crippen LogP contribution in [0.1, 0.15) is 38.7 Å². The second-order valence-corrected chi connectivity index (χ2v) is 5.09. The van der Waals surface area contributed by atoms with Gasteiger partial charge in [0.15, 0.2) is 0 Å². The first-order chi connectivity index (χ1) is 9.65. The first kappa shape index (κ1) is 16.7. The van der Waals surface area contributed by atoms with E-state index in [1.165, 1.54) is 18.9 Å². The zero-order chi connectivity index (χ0) is 14.8. The Kier molecular flexibility index (Phi) is 7.92. The topological polar surface area (TPSA) is 52.6 Å². The zero-order valence-corrected chi connectivity index (χ0v) is 12.6. The van der Waals surface area contributed by atoms with E-state index in [0.29, 0.717) is 0 Å². The van der Waals surface area contributed by atoms with Crippen molar-refractivity contribution in [2.45, 2.75) is 39.7 Å². The van der Waals surface area contributed by atoms with Crippen molar-refractivity contribution in [2.24, 2.45) is 0 Å². The number of unbranched alkanes of at least 4 members (excludes halogenated alkanes) is 1. The fourth-order valence-corrected chi connectivity index (χ4v) is 2.15. The van der Waals surface area contributed by atoms with Crippen LogP contribution in [0, 0.1) is 0 Å². The fourth-order valence-electron chi connectivity index (χ4n) is 2.15. The normalized spacial score (nSPS) is 10.8. The Morgan fingerprint density at radius 3 is 2.70 bits per heavy atom. The molecule has 1 aromatic carbocycles. The van der Waals surface area contributed by atoms with Gasteiger partial charge in [-0.25, -0.2) is 0 Å². The minimum atomic E-state index is -0.0507. The molecular weight excluding hydrogens is 252 g/mol. The molecule has 0 aliphatic carbocycles. The number of benzene rings is 1. The molecule has 0 radical (unpaired) electrons. The minimum absolute atomic E-state index is 0.0507. The first-order valence-corrected chi connectivity index (χ1v) is 7.35. The predicted octanol–water partition coefficient (Wildman–Crippen LogP) is 2.63. The largest absolute Gasteiger partial charge is 0.396 e. The van der Waals surface area contributed by atoms with Crippen molar-refractivity contribution >= 4 is 11.6 Å². The van der Waals surface area contributed by atoms with Crippen molar-refractivity contribution < 1.29 is 9.90 Å². The van der Waals surface area contributed by atoms with Gasteiger partial charge in [-0.05, 0) is 37.1 Å². The summed E-state index contributed by atoms with van der Waals surface area (Å²) in [5.74, 6) is -0.0507. The SMILES string of the molecule is CCCCN(CCCO)Cc1cccc(NC(C)=O)c1. The molecule has 1 amide bonds. The molecule has 0 atom stereocenters. The summed E-state index contributed by atoms with van der Waals surface area (Å²) in [5, 5.41) is 11.8. The minimum Gasteiger partial charge on any atom is -0.396 e. The van der Waals surface area contributed by atoms with Gasteiger partial charge < -0.3 is 10.4 Å². The molecule has 20 heavy (non-hydrogen) atoms. The Hall–Kier alpha value is -1.39. The van der Waals surface area contributed by atoms with E-state index in [9.17, 15) is 4.79 Å². The molecule has 1 aromatic rings. The highest BCUT2D eigenvalue weighted by atomic mass is 16.3. The lowest BCUT2D eigenvalue weighted by atomic mass is 10.1. The summed E-state index contributed by atoms with van der Waals surface area (Å²) >= 11 is 0. The quantitative estimate of drug-likeness (QED) is 0.730. The Morgan fingerprint density at radius 1 is 1.30 bits per heavy atom. The van der Waals surface area contributed by atoms with E-state index < -0.39 is 0 Å². The molecule has 0 unspecified atom stereocenters. The van der Waals surface area contributed by atoms with Crippen LogP contribution in [-0.2, 0) is 11.3 Å². The Labute approximate surface area is 121 Å². The maximum atomic E-state index is 11.1. The van der Waals surface area contributed by atoms with Crippen molar-refractivity contribution in [1.29, 1.82) is 0 Å². The maximum absolute atomic E-state index is 11.1. The van der Waals surface area contributed by atoms with Crippen LogP contribution >= 0.6 is 0 Å². The average molecular weight is 278 g/mol. The van der Waals surface area contributed by atoms with E-state index >= 15 is 0 Å². The van der Waals surface area contributed by atoms with Crippen LogP contribution in [0.4, 0.5) is 5.69 Å². The predicted molar refractivity (Wildman–Crippen MR) is 82.6 cm³/mol. The van der Waals surface area contributed by atoms with Gasteiger partial charge >= 0.3 is 0 Å². The van der Waals surface area contributed by atoms with Gasteiger partial charge in [-0.15, -0.1) is 0 Å². The molecular formula is C16H26N2O2. The van der Waals surface area contributed by atoms with Gasteiger partial charge in [0.1, 0.15) is 0 Å². The highest BCUT2D eigenvalue weighted by Crippen LogP contribution is 2.13. The number of nitrogens with zero attached hydrogens (tertiary/aromatic N) is 1. The number of hydrogen-bond acceptors (Lipinski definition) is 3. The van der Waals surface area contributed by atoms with Gasteiger partial charge in [0.05, 0.1) is 0 Å². The molecule has 0 aromatic heterocycles. The third kappa shape index (κ3) is 6.68. The second kappa shape index (κ2) is 9.50. The third-order valence-corrected chi connectivity index (χ3v) is 3.11. The summed E-state index contributed by atoms with van der Waals surface area (Å²) in [6.07, 6.45) is 3.13. The van der Waals surface area contributed by atoms with Crippen molar-refractivity contribution in [3.8, 4) is 0 Å². The molecule has 4 heteroatoms. The van der Waals surface area contributed by atoms with Gasteiger partial charge in [-0.2, -0.15) is 0 Å². The highest BCUT2D eigenvalue weighted by molar-refractivity contribution is 5.88. The molecule has 0 saturated carbocycles. The molecule has 4 nitrogen and oxygen atoms in total. The van der Waals surface area contributed by atoms with Crippen molar-refractivity contribution in [3.63, 3.8) is 0 Å². The smallest absolute Gasteiger partial charge is 0.221 e. The summed E-state index contributed by atoms with van der Waals surface area (Å²) in [6.45, 7) is 6.73. The van der Waals surface area contributed by atoms with Crippen LogP contribution in [-0.4, -0.2) is 35.6 Å². The monoisotopic (exact) mass is 278 g/mol. The zero-order valence-electron chi connectivity index (χ0n) is 12.6. The fraction of sp³-hybridized carbons (Fsp3) is 0.562. The summed E-state index contributed by atoms with van der Waals surface area (Å²) in [7, 11) is 0.